The third-order valence-electron chi connectivity index (χ3n) is 3.46. The maximum atomic E-state index is 5.35. The van der Waals surface area contributed by atoms with Gasteiger partial charge in [0.05, 0.1) is 20.4 Å². The van der Waals surface area contributed by atoms with Gasteiger partial charge in [0.2, 0.25) is 4.77 Å². The summed E-state index contributed by atoms with van der Waals surface area (Å²) in [5, 5.41) is 11.5. The highest BCUT2D eigenvalue weighted by Gasteiger charge is 2.12. The summed E-state index contributed by atoms with van der Waals surface area (Å²) in [5.41, 5.74) is 1.74. The Balaban J connectivity index is 2.01. The fourth-order valence-electron chi connectivity index (χ4n) is 2.27. The minimum atomic E-state index is 0.399. The Morgan fingerprint density at radius 3 is 2.68 bits per heavy atom. The van der Waals surface area contributed by atoms with Crippen molar-refractivity contribution in [2.24, 2.45) is 5.10 Å². The summed E-state index contributed by atoms with van der Waals surface area (Å²) in [5.74, 6) is 1.83. The van der Waals surface area contributed by atoms with E-state index in [1.165, 1.54) is 0 Å². The Morgan fingerprint density at radius 2 is 1.96 bits per heavy atom. The predicted molar refractivity (Wildman–Crippen MR) is 103 cm³/mol. The summed E-state index contributed by atoms with van der Waals surface area (Å²) >= 11 is 8.73. The third kappa shape index (κ3) is 3.80. The van der Waals surface area contributed by atoms with Crippen molar-refractivity contribution < 1.29 is 9.47 Å². The number of nitrogens with one attached hydrogen (secondary N) is 1. The van der Waals surface area contributed by atoms with E-state index in [0.29, 0.717) is 22.1 Å². The smallest absolute Gasteiger partial charge is 0.216 e. The van der Waals surface area contributed by atoms with Crippen LogP contribution in [0.2, 0.25) is 0 Å². The largest absolute Gasteiger partial charge is 0.493 e. The molecule has 1 N–H and O–H groups in total. The van der Waals surface area contributed by atoms with Crippen LogP contribution in [0.15, 0.2) is 52.0 Å². The van der Waals surface area contributed by atoms with Gasteiger partial charge in [0.1, 0.15) is 0 Å². The molecule has 0 radical (unpaired) electrons. The van der Waals surface area contributed by atoms with Crippen molar-refractivity contribution in [3.63, 3.8) is 0 Å². The normalized spacial score (nSPS) is 11.0. The SMILES string of the molecule is COc1ccc(-c2n[nH]c(=S)n2N=Cc2cccc(Br)c2)cc1OC. The highest BCUT2D eigenvalue weighted by atomic mass is 79.9. The Bertz CT molecular complexity index is 981. The van der Waals surface area contributed by atoms with Gasteiger partial charge in [0.15, 0.2) is 17.3 Å². The average molecular weight is 419 g/mol. The fourth-order valence-corrected chi connectivity index (χ4v) is 2.87. The van der Waals surface area contributed by atoms with E-state index >= 15 is 0 Å². The molecule has 6 nitrogen and oxygen atoms in total. The second-order valence-electron chi connectivity index (χ2n) is 5.03. The lowest BCUT2D eigenvalue weighted by Crippen LogP contribution is -1.96. The van der Waals surface area contributed by atoms with E-state index in [1.54, 1.807) is 25.1 Å². The molecule has 2 aromatic carbocycles. The van der Waals surface area contributed by atoms with Crippen molar-refractivity contribution in [2.75, 3.05) is 14.2 Å². The van der Waals surface area contributed by atoms with Gasteiger partial charge in [-0.15, -0.1) is 0 Å². The molecule has 1 aromatic heterocycles. The molecule has 0 amide bonds. The van der Waals surface area contributed by atoms with Crippen molar-refractivity contribution >= 4 is 34.4 Å². The lowest BCUT2D eigenvalue weighted by atomic mass is 10.2. The molecule has 0 aliphatic carbocycles. The maximum absolute atomic E-state index is 5.35. The van der Waals surface area contributed by atoms with Crippen LogP contribution in [0.5, 0.6) is 11.5 Å². The van der Waals surface area contributed by atoms with E-state index in [2.05, 4.69) is 31.2 Å². The van der Waals surface area contributed by atoms with Crippen molar-refractivity contribution in [3.05, 3.63) is 57.3 Å². The molecule has 0 aliphatic rings. The van der Waals surface area contributed by atoms with Crippen LogP contribution < -0.4 is 9.47 Å². The molecule has 1 heterocycles. The molecule has 3 rings (SSSR count). The first kappa shape index (κ1) is 17.4. The number of hydrogen-bond acceptors (Lipinski definition) is 5. The number of benzene rings is 2. The molecule has 25 heavy (non-hydrogen) atoms. The van der Waals surface area contributed by atoms with Gasteiger partial charge in [-0.05, 0) is 48.1 Å². The third-order valence-corrected chi connectivity index (χ3v) is 4.22. The highest BCUT2D eigenvalue weighted by molar-refractivity contribution is 9.10. The van der Waals surface area contributed by atoms with Crippen molar-refractivity contribution in [2.45, 2.75) is 0 Å². The van der Waals surface area contributed by atoms with Crippen LogP contribution in [-0.2, 0) is 0 Å². The second-order valence-corrected chi connectivity index (χ2v) is 6.34. The zero-order chi connectivity index (χ0) is 17.8. The van der Waals surface area contributed by atoms with Crippen molar-refractivity contribution in [1.82, 2.24) is 14.9 Å². The van der Waals surface area contributed by atoms with Crippen molar-refractivity contribution in [3.8, 4) is 22.9 Å². The number of H-pyrrole nitrogens is 1. The average Bonchev–Trinajstić information content (AvgIpc) is 3.00. The number of hydrogen-bond donors (Lipinski definition) is 1. The topological polar surface area (TPSA) is 64.4 Å². The van der Waals surface area contributed by atoms with E-state index < -0.39 is 0 Å². The molecule has 0 saturated heterocycles. The zero-order valence-corrected chi connectivity index (χ0v) is 16.0. The van der Waals surface area contributed by atoms with Gasteiger partial charge in [-0.25, -0.2) is 5.10 Å². The van der Waals surface area contributed by atoms with Gasteiger partial charge in [-0.2, -0.15) is 14.9 Å². The van der Waals surface area contributed by atoms with E-state index in [1.807, 2.05) is 42.5 Å². The molecule has 0 spiro atoms. The summed E-state index contributed by atoms with van der Waals surface area (Å²) in [4.78, 5) is 0. The Kier molecular flexibility index (Phi) is 5.30. The maximum Gasteiger partial charge on any atom is 0.216 e. The lowest BCUT2D eigenvalue weighted by Gasteiger charge is -2.09. The number of rotatable bonds is 5. The first-order valence-electron chi connectivity index (χ1n) is 7.32. The second kappa shape index (κ2) is 7.62. The molecule has 128 valence electrons. The molecule has 0 fully saturated rings. The molecule has 8 heteroatoms. The predicted octanol–water partition coefficient (Wildman–Crippen LogP) is 4.27. The molecule has 0 saturated carbocycles. The summed E-state index contributed by atoms with van der Waals surface area (Å²) in [7, 11) is 3.18. The molecular formula is C17H15BrN4O2S. The van der Waals surface area contributed by atoms with Crippen molar-refractivity contribution in [1.29, 1.82) is 0 Å². The Labute approximate surface area is 158 Å². The first-order chi connectivity index (χ1) is 12.1. The molecule has 0 atom stereocenters. The van der Waals surface area contributed by atoms with Gasteiger partial charge in [0, 0.05) is 10.0 Å². The quantitative estimate of drug-likeness (QED) is 0.496. The molecule has 0 aliphatic heterocycles. The zero-order valence-electron chi connectivity index (χ0n) is 13.6. The lowest BCUT2D eigenvalue weighted by molar-refractivity contribution is 0.355. The monoisotopic (exact) mass is 418 g/mol. The molecule has 0 bridgehead atoms. The Morgan fingerprint density at radius 1 is 1.16 bits per heavy atom. The first-order valence-corrected chi connectivity index (χ1v) is 8.52. The number of aromatic amines is 1. The summed E-state index contributed by atoms with van der Waals surface area (Å²) in [6.45, 7) is 0. The van der Waals surface area contributed by atoms with Crippen LogP contribution >= 0.6 is 28.1 Å². The number of ether oxygens (including phenoxy) is 2. The van der Waals surface area contributed by atoms with Gasteiger partial charge < -0.3 is 9.47 Å². The molecular weight excluding hydrogens is 404 g/mol. The van der Waals surface area contributed by atoms with Gasteiger partial charge in [-0.1, -0.05) is 28.1 Å². The minimum Gasteiger partial charge on any atom is -0.493 e. The van der Waals surface area contributed by atoms with E-state index in [-0.39, 0.29) is 0 Å². The summed E-state index contributed by atoms with van der Waals surface area (Å²) < 4.78 is 13.6. The van der Waals surface area contributed by atoms with Crippen LogP contribution in [0.25, 0.3) is 11.4 Å². The minimum absolute atomic E-state index is 0.399. The number of nitrogens with zero attached hydrogens (tertiary/aromatic N) is 3. The molecule has 3 aromatic rings. The number of halogens is 1. The van der Waals surface area contributed by atoms with Crippen LogP contribution in [0.4, 0.5) is 0 Å². The number of methoxy groups -OCH3 is 2. The van der Waals surface area contributed by atoms with Gasteiger partial charge >= 0.3 is 0 Å². The van der Waals surface area contributed by atoms with E-state index in [0.717, 1.165) is 15.6 Å². The number of aromatic nitrogens is 3. The summed E-state index contributed by atoms with van der Waals surface area (Å²) in [6, 6.07) is 13.3. The molecule has 0 unspecified atom stereocenters. The van der Waals surface area contributed by atoms with E-state index in [4.69, 9.17) is 21.7 Å². The van der Waals surface area contributed by atoms with Gasteiger partial charge in [-0.3, -0.25) is 0 Å². The Hall–Kier alpha value is -2.45. The van der Waals surface area contributed by atoms with Crippen LogP contribution in [0.1, 0.15) is 5.56 Å². The summed E-state index contributed by atoms with van der Waals surface area (Å²) in [6.07, 6.45) is 1.72. The fraction of sp³-hybridized carbons (Fsp3) is 0.118. The van der Waals surface area contributed by atoms with E-state index in [9.17, 15) is 0 Å². The van der Waals surface area contributed by atoms with Crippen LogP contribution in [0, 0.1) is 4.77 Å². The van der Waals surface area contributed by atoms with Crippen LogP contribution in [-0.4, -0.2) is 35.3 Å². The van der Waals surface area contributed by atoms with Crippen LogP contribution in [0.3, 0.4) is 0 Å². The van der Waals surface area contributed by atoms with Gasteiger partial charge in [0.25, 0.3) is 0 Å². The highest BCUT2D eigenvalue weighted by Crippen LogP contribution is 2.31. The standard InChI is InChI=1S/C17H15BrN4O2S/c1-23-14-7-6-12(9-15(14)24-2)16-20-21-17(25)22(16)19-10-11-4-3-5-13(18)8-11/h3-10H,1-2H3,(H,21,25).